The van der Waals surface area contributed by atoms with Crippen LogP contribution in [0.1, 0.15) is 18.5 Å². The Balaban J connectivity index is 2.30. The molecule has 2 rings (SSSR count). The molecule has 1 heterocycles. The standard InChI is InChI=1S/C15H19N3O/c1-11(16)12-8-9-15(17-10-12)18(2)13-6-4-5-7-14(13)19-3/h4-11H,16H2,1-3H3/t11-/m0/s1. The minimum Gasteiger partial charge on any atom is -0.495 e. The zero-order valence-electron chi connectivity index (χ0n) is 11.5. The van der Waals surface area contributed by atoms with Crippen molar-refractivity contribution in [1.82, 2.24) is 4.98 Å². The van der Waals surface area contributed by atoms with Crippen LogP contribution in [0.3, 0.4) is 0 Å². The molecule has 4 heteroatoms. The van der Waals surface area contributed by atoms with Gasteiger partial charge in [0, 0.05) is 19.3 Å². The van der Waals surface area contributed by atoms with Crippen molar-refractivity contribution in [3.8, 4) is 5.75 Å². The van der Waals surface area contributed by atoms with E-state index in [1.54, 1.807) is 7.11 Å². The molecule has 4 nitrogen and oxygen atoms in total. The average Bonchev–Trinajstić information content (AvgIpc) is 2.46. The van der Waals surface area contributed by atoms with Crippen LogP contribution in [0.2, 0.25) is 0 Å². The lowest BCUT2D eigenvalue weighted by molar-refractivity contribution is 0.415. The number of rotatable bonds is 4. The second kappa shape index (κ2) is 5.71. The molecule has 0 amide bonds. The van der Waals surface area contributed by atoms with Crippen molar-refractivity contribution in [2.24, 2.45) is 5.73 Å². The van der Waals surface area contributed by atoms with Crippen LogP contribution in [0.15, 0.2) is 42.6 Å². The third kappa shape index (κ3) is 2.85. The molecule has 100 valence electrons. The summed E-state index contributed by atoms with van der Waals surface area (Å²) in [6.07, 6.45) is 1.81. The number of ether oxygens (including phenoxy) is 1. The smallest absolute Gasteiger partial charge is 0.142 e. The number of hydrogen-bond acceptors (Lipinski definition) is 4. The molecule has 0 aliphatic rings. The van der Waals surface area contributed by atoms with Gasteiger partial charge in [-0.1, -0.05) is 18.2 Å². The number of para-hydroxylation sites is 2. The highest BCUT2D eigenvalue weighted by Gasteiger charge is 2.10. The van der Waals surface area contributed by atoms with Gasteiger partial charge >= 0.3 is 0 Å². The Morgan fingerprint density at radius 2 is 1.95 bits per heavy atom. The topological polar surface area (TPSA) is 51.4 Å². The van der Waals surface area contributed by atoms with Crippen molar-refractivity contribution in [2.75, 3.05) is 19.1 Å². The highest BCUT2D eigenvalue weighted by atomic mass is 16.5. The van der Waals surface area contributed by atoms with E-state index in [4.69, 9.17) is 10.5 Å². The Hall–Kier alpha value is -2.07. The molecule has 1 aromatic heterocycles. The predicted molar refractivity (Wildman–Crippen MR) is 77.9 cm³/mol. The van der Waals surface area contributed by atoms with Crippen molar-refractivity contribution in [2.45, 2.75) is 13.0 Å². The van der Waals surface area contributed by atoms with Gasteiger partial charge < -0.3 is 15.4 Å². The Labute approximate surface area is 113 Å². The molecular weight excluding hydrogens is 238 g/mol. The molecule has 0 radical (unpaired) electrons. The van der Waals surface area contributed by atoms with Crippen molar-refractivity contribution in [1.29, 1.82) is 0 Å². The molecular formula is C15H19N3O. The molecule has 2 N–H and O–H groups in total. The summed E-state index contributed by atoms with van der Waals surface area (Å²) in [7, 11) is 3.63. The van der Waals surface area contributed by atoms with Crippen LogP contribution in [0.4, 0.5) is 11.5 Å². The minimum absolute atomic E-state index is 0.00174. The van der Waals surface area contributed by atoms with Crippen LogP contribution in [-0.4, -0.2) is 19.1 Å². The van der Waals surface area contributed by atoms with Crippen LogP contribution in [-0.2, 0) is 0 Å². The lowest BCUT2D eigenvalue weighted by Crippen LogP contribution is -2.13. The van der Waals surface area contributed by atoms with Gasteiger partial charge in [0.05, 0.1) is 12.8 Å². The fourth-order valence-electron chi connectivity index (χ4n) is 1.90. The summed E-state index contributed by atoms with van der Waals surface area (Å²) < 4.78 is 5.36. The average molecular weight is 257 g/mol. The van der Waals surface area contributed by atoms with Crippen molar-refractivity contribution in [3.63, 3.8) is 0 Å². The van der Waals surface area contributed by atoms with Crippen LogP contribution in [0.25, 0.3) is 0 Å². The number of pyridine rings is 1. The quantitative estimate of drug-likeness (QED) is 0.915. The van der Waals surface area contributed by atoms with Gasteiger partial charge in [0.15, 0.2) is 0 Å². The fourth-order valence-corrected chi connectivity index (χ4v) is 1.90. The van der Waals surface area contributed by atoms with E-state index >= 15 is 0 Å². The third-order valence-corrected chi connectivity index (χ3v) is 3.09. The number of anilines is 2. The van der Waals surface area contributed by atoms with Gasteiger partial charge in [0.2, 0.25) is 0 Å². The SMILES string of the molecule is COc1ccccc1N(C)c1ccc([C@H](C)N)cn1. The van der Waals surface area contributed by atoms with E-state index in [0.29, 0.717) is 0 Å². The normalized spacial score (nSPS) is 12.0. The van der Waals surface area contributed by atoms with E-state index < -0.39 is 0 Å². The number of hydrogen-bond donors (Lipinski definition) is 1. The first-order valence-electron chi connectivity index (χ1n) is 6.21. The molecule has 0 unspecified atom stereocenters. The molecule has 19 heavy (non-hydrogen) atoms. The van der Waals surface area contributed by atoms with Gasteiger partial charge in [-0.25, -0.2) is 4.98 Å². The molecule has 2 aromatic rings. The first kappa shape index (κ1) is 13.4. The summed E-state index contributed by atoms with van der Waals surface area (Å²) in [5.74, 6) is 1.68. The van der Waals surface area contributed by atoms with Gasteiger partial charge in [-0.05, 0) is 30.7 Å². The van der Waals surface area contributed by atoms with Gasteiger partial charge in [-0.2, -0.15) is 0 Å². The summed E-state index contributed by atoms with van der Waals surface area (Å²) in [4.78, 5) is 6.43. The van der Waals surface area contributed by atoms with Gasteiger partial charge in [0.1, 0.15) is 11.6 Å². The Morgan fingerprint density at radius 3 is 2.53 bits per heavy atom. The number of methoxy groups -OCH3 is 1. The monoisotopic (exact) mass is 257 g/mol. The van der Waals surface area contributed by atoms with Crippen molar-refractivity contribution >= 4 is 11.5 Å². The predicted octanol–water partition coefficient (Wildman–Crippen LogP) is 2.88. The molecule has 0 saturated carbocycles. The van der Waals surface area contributed by atoms with Crippen molar-refractivity contribution < 1.29 is 4.74 Å². The maximum Gasteiger partial charge on any atom is 0.142 e. The fraction of sp³-hybridized carbons (Fsp3) is 0.267. The zero-order chi connectivity index (χ0) is 13.8. The van der Waals surface area contributed by atoms with Crippen LogP contribution >= 0.6 is 0 Å². The lowest BCUT2D eigenvalue weighted by atomic mass is 10.1. The molecule has 1 atom stereocenters. The minimum atomic E-state index is -0.00174. The molecule has 0 aliphatic heterocycles. The molecule has 0 bridgehead atoms. The molecule has 0 saturated heterocycles. The zero-order valence-corrected chi connectivity index (χ0v) is 11.5. The van der Waals surface area contributed by atoms with E-state index in [0.717, 1.165) is 22.8 Å². The van der Waals surface area contributed by atoms with Gasteiger partial charge in [-0.15, -0.1) is 0 Å². The Kier molecular flexibility index (Phi) is 4.02. The summed E-state index contributed by atoms with van der Waals surface area (Å²) in [5, 5.41) is 0. The van der Waals surface area contributed by atoms with Crippen molar-refractivity contribution in [3.05, 3.63) is 48.2 Å². The molecule has 0 fully saturated rings. The summed E-state index contributed by atoms with van der Waals surface area (Å²) in [6, 6.07) is 11.8. The summed E-state index contributed by atoms with van der Waals surface area (Å²) in [6.45, 7) is 1.95. The maximum absolute atomic E-state index is 5.82. The van der Waals surface area contributed by atoms with E-state index in [1.165, 1.54) is 0 Å². The first-order valence-corrected chi connectivity index (χ1v) is 6.21. The Morgan fingerprint density at radius 1 is 1.21 bits per heavy atom. The number of aromatic nitrogens is 1. The Bertz CT molecular complexity index is 537. The maximum atomic E-state index is 5.82. The van der Waals surface area contributed by atoms with Gasteiger partial charge in [0.25, 0.3) is 0 Å². The largest absolute Gasteiger partial charge is 0.495 e. The molecule has 0 spiro atoms. The second-order valence-corrected chi connectivity index (χ2v) is 4.47. The highest BCUT2D eigenvalue weighted by molar-refractivity contribution is 5.66. The first-order chi connectivity index (χ1) is 9.13. The second-order valence-electron chi connectivity index (χ2n) is 4.47. The van der Waals surface area contributed by atoms with E-state index in [-0.39, 0.29) is 6.04 Å². The highest BCUT2D eigenvalue weighted by Crippen LogP contribution is 2.31. The van der Waals surface area contributed by atoms with E-state index in [1.807, 2.05) is 61.5 Å². The number of nitrogens with zero attached hydrogens (tertiary/aromatic N) is 2. The van der Waals surface area contributed by atoms with Crippen LogP contribution in [0, 0.1) is 0 Å². The molecule has 1 aromatic carbocycles. The summed E-state index contributed by atoms with van der Waals surface area (Å²) in [5.41, 5.74) is 7.83. The van der Waals surface area contributed by atoms with Crippen LogP contribution in [0.5, 0.6) is 5.75 Å². The number of nitrogens with two attached hydrogens (primary N) is 1. The van der Waals surface area contributed by atoms with Gasteiger partial charge in [-0.3, -0.25) is 0 Å². The van der Waals surface area contributed by atoms with E-state index in [2.05, 4.69) is 4.98 Å². The van der Waals surface area contributed by atoms with Crippen LogP contribution < -0.4 is 15.4 Å². The third-order valence-electron chi connectivity index (χ3n) is 3.09. The number of benzene rings is 1. The molecule has 0 aliphatic carbocycles. The summed E-state index contributed by atoms with van der Waals surface area (Å²) >= 11 is 0. The van der Waals surface area contributed by atoms with E-state index in [9.17, 15) is 0 Å². The lowest BCUT2D eigenvalue weighted by Gasteiger charge is -2.21.